The van der Waals surface area contributed by atoms with Gasteiger partial charge in [0.15, 0.2) is 0 Å². The fraction of sp³-hybridized carbons (Fsp3) is 0.438. The molecule has 0 radical (unpaired) electrons. The van der Waals surface area contributed by atoms with E-state index in [2.05, 4.69) is 4.84 Å². The maximum atomic E-state index is 12.7. The van der Waals surface area contributed by atoms with Crippen LogP contribution in [0.5, 0.6) is 0 Å². The van der Waals surface area contributed by atoms with E-state index in [1.165, 1.54) is 4.90 Å². The number of carbonyl (C=O) groups excluding carboxylic acids is 3. The van der Waals surface area contributed by atoms with E-state index >= 15 is 0 Å². The van der Waals surface area contributed by atoms with Crippen LogP contribution in [0.2, 0.25) is 0 Å². The van der Waals surface area contributed by atoms with E-state index < -0.39 is 6.04 Å². The van der Waals surface area contributed by atoms with Gasteiger partial charge in [-0.05, 0) is 32.4 Å². The van der Waals surface area contributed by atoms with Crippen molar-refractivity contribution in [1.29, 1.82) is 0 Å². The molecule has 23 heavy (non-hydrogen) atoms. The summed E-state index contributed by atoms with van der Waals surface area (Å²) in [5, 5.41) is 0. The van der Waals surface area contributed by atoms with Gasteiger partial charge in [-0.2, -0.15) is 0 Å². The van der Waals surface area contributed by atoms with Crippen molar-refractivity contribution in [3.63, 3.8) is 0 Å². The number of benzene rings is 1. The first-order valence-corrected chi connectivity index (χ1v) is 7.99. The number of amides is 3. The summed E-state index contributed by atoms with van der Waals surface area (Å²) in [5.74, 6) is -0.656. The number of nitrogens with one attached hydrogen (secondary N) is 1. The topological polar surface area (TPSA) is 69.7 Å². The Hall–Kier alpha value is -2.08. The van der Waals surface area contributed by atoms with E-state index in [-0.39, 0.29) is 30.2 Å². The van der Waals surface area contributed by atoms with Crippen LogP contribution in [0, 0.1) is 0 Å². The molecule has 1 atom stereocenters. The smallest absolute Gasteiger partial charge is 0.255 e. The number of hydrogen-bond donors (Lipinski definition) is 1. The Balaban J connectivity index is 1.91. The average molecular weight is 336 g/mol. The Labute approximate surface area is 139 Å². The lowest BCUT2D eigenvalue weighted by atomic mass is 10.0. The molecule has 1 aromatic rings. The van der Waals surface area contributed by atoms with Gasteiger partial charge in [-0.3, -0.25) is 24.1 Å². The number of carbonyl (C=O) groups is 3. The molecule has 2 aliphatic rings. The third-order valence-corrected chi connectivity index (χ3v) is 4.62. The van der Waals surface area contributed by atoms with Crippen LogP contribution in [0.15, 0.2) is 18.2 Å². The number of piperidine rings is 1. The van der Waals surface area contributed by atoms with Gasteiger partial charge in [-0.1, -0.05) is 6.07 Å². The lowest BCUT2D eigenvalue weighted by Crippen LogP contribution is -2.56. The first-order chi connectivity index (χ1) is 11.0. The van der Waals surface area contributed by atoms with Crippen molar-refractivity contribution < 1.29 is 14.4 Å². The number of rotatable bonds is 3. The summed E-state index contributed by atoms with van der Waals surface area (Å²) in [6.45, 7) is 3.92. The van der Waals surface area contributed by atoms with Gasteiger partial charge in [0.2, 0.25) is 5.91 Å². The first kappa shape index (κ1) is 15.8. The van der Waals surface area contributed by atoms with Crippen LogP contribution in [0.3, 0.4) is 0 Å². The molecule has 0 bridgehead atoms. The minimum absolute atomic E-state index is 0.173. The van der Waals surface area contributed by atoms with E-state index in [0.717, 1.165) is 5.56 Å². The SMILES string of the molecule is CC(C)N1C(=O)CCC(N2Cc3c(NCl)cccc3C2=O)C1=O. The van der Waals surface area contributed by atoms with Crippen molar-refractivity contribution in [3.05, 3.63) is 29.3 Å². The molecule has 3 rings (SSSR count). The number of imide groups is 1. The summed E-state index contributed by atoms with van der Waals surface area (Å²) in [7, 11) is 0. The van der Waals surface area contributed by atoms with Crippen LogP contribution < -0.4 is 4.84 Å². The molecule has 3 amide bonds. The third kappa shape index (κ3) is 2.47. The molecule has 0 saturated carbocycles. The zero-order chi connectivity index (χ0) is 16.7. The number of nitrogens with zero attached hydrogens (tertiary/aromatic N) is 2. The predicted octanol–water partition coefficient (Wildman–Crippen LogP) is 2.13. The molecule has 7 heteroatoms. The van der Waals surface area contributed by atoms with E-state index in [1.54, 1.807) is 36.9 Å². The van der Waals surface area contributed by atoms with E-state index in [9.17, 15) is 14.4 Å². The second-order valence-corrected chi connectivity index (χ2v) is 6.30. The minimum Gasteiger partial charge on any atom is -0.322 e. The van der Waals surface area contributed by atoms with E-state index in [4.69, 9.17) is 11.8 Å². The summed E-state index contributed by atoms with van der Waals surface area (Å²) in [6, 6.07) is 4.46. The lowest BCUT2D eigenvalue weighted by molar-refractivity contribution is -0.154. The van der Waals surface area contributed by atoms with E-state index in [1.807, 2.05) is 0 Å². The molecule has 6 nitrogen and oxygen atoms in total. The monoisotopic (exact) mass is 335 g/mol. The van der Waals surface area contributed by atoms with Crippen molar-refractivity contribution in [2.45, 2.75) is 45.3 Å². The molecule has 1 aromatic carbocycles. The molecular weight excluding hydrogens is 318 g/mol. The zero-order valence-corrected chi connectivity index (χ0v) is 13.8. The molecule has 0 aliphatic carbocycles. The summed E-state index contributed by atoms with van der Waals surface area (Å²) >= 11 is 5.70. The second-order valence-electron chi connectivity index (χ2n) is 6.11. The molecule has 1 unspecified atom stereocenters. The van der Waals surface area contributed by atoms with Crippen molar-refractivity contribution in [1.82, 2.24) is 9.80 Å². The van der Waals surface area contributed by atoms with Crippen LogP contribution in [-0.2, 0) is 16.1 Å². The molecular formula is C16H18ClN3O3. The van der Waals surface area contributed by atoms with Crippen LogP contribution in [-0.4, -0.2) is 39.6 Å². The highest BCUT2D eigenvalue weighted by molar-refractivity contribution is 6.24. The van der Waals surface area contributed by atoms with Crippen molar-refractivity contribution >= 4 is 35.2 Å². The minimum atomic E-state index is -0.599. The standard InChI is InChI=1S/C16H18ClN3O3/c1-9(2)20-14(21)7-6-13(16(20)23)19-8-11-10(15(19)22)4-3-5-12(11)18-17/h3-5,9,13,18H,6-8H2,1-2H3. The molecule has 1 saturated heterocycles. The Morgan fingerprint density at radius 3 is 2.65 bits per heavy atom. The van der Waals surface area contributed by atoms with Crippen LogP contribution in [0.4, 0.5) is 5.69 Å². The van der Waals surface area contributed by atoms with Gasteiger partial charge in [0.25, 0.3) is 11.8 Å². The number of likely N-dealkylation sites (tertiary alicyclic amines) is 1. The zero-order valence-electron chi connectivity index (χ0n) is 13.0. The molecule has 1 fully saturated rings. The largest absolute Gasteiger partial charge is 0.322 e. The number of hydrogen-bond acceptors (Lipinski definition) is 4. The molecule has 2 heterocycles. The maximum Gasteiger partial charge on any atom is 0.255 e. The Morgan fingerprint density at radius 2 is 2.00 bits per heavy atom. The van der Waals surface area contributed by atoms with Gasteiger partial charge in [-0.15, -0.1) is 0 Å². The number of halogens is 1. The molecule has 0 spiro atoms. The first-order valence-electron chi connectivity index (χ1n) is 7.61. The van der Waals surface area contributed by atoms with Crippen molar-refractivity contribution in [2.24, 2.45) is 0 Å². The Bertz CT molecular complexity index is 689. The summed E-state index contributed by atoms with van der Waals surface area (Å²) in [5.41, 5.74) is 2.00. The van der Waals surface area contributed by atoms with Gasteiger partial charge >= 0.3 is 0 Å². The molecule has 1 N–H and O–H groups in total. The quantitative estimate of drug-likeness (QED) is 0.678. The number of anilines is 1. The lowest BCUT2D eigenvalue weighted by Gasteiger charge is -2.37. The highest BCUT2D eigenvalue weighted by atomic mass is 35.5. The summed E-state index contributed by atoms with van der Waals surface area (Å²) in [4.78, 5) is 42.7. The van der Waals surface area contributed by atoms with Crippen LogP contribution in [0.1, 0.15) is 42.6 Å². The Morgan fingerprint density at radius 1 is 1.26 bits per heavy atom. The maximum absolute atomic E-state index is 12.7. The van der Waals surface area contributed by atoms with Crippen molar-refractivity contribution in [2.75, 3.05) is 4.84 Å². The normalized spacial score (nSPS) is 21.2. The summed E-state index contributed by atoms with van der Waals surface area (Å²) in [6.07, 6.45) is 0.638. The van der Waals surface area contributed by atoms with Gasteiger partial charge in [0.05, 0.1) is 5.69 Å². The average Bonchev–Trinajstić information content (AvgIpc) is 2.84. The fourth-order valence-electron chi connectivity index (χ4n) is 3.31. The summed E-state index contributed by atoms with van der Waals surface area (Å²) < 4.78 is 0. The highest BCUT2D eigenvalue weighted by Gasteiger charge is 2.43. The van der Waals surface area contributed by atoms with E-state index in [0.29, 0.717) is 24.2 Å². The van der Waals surface area contributed by atoms with Crippen LogP contribution >= 0.6 is 11.8 Å². The van der Waals surface area contributed by atoms with Gasteiger partial charge < -0.3 is 4.90 Å². The second kappa shape index (κ2) is 5.85. The van der Waals surface area contributed by atoms with Crippen LogP contribution in [0.25, 0.3) is 0 Å². The molecule has 2 aliphatic heterocycles. The fourth-order valence-corrected chi connectivity index (χ4v) is 3.49. The van der Waals surface area contributed by atoms with Gasteiger partial charge in [-0.25, -0.2) is 0 Å². The number of fused-ring (bicyclic) bond motifs is 1. The van der Waals surface area contributed by atoms with Gasteiger partial charge in [0.1, 0.15) is 6.04 Å². The highest BCUT2D eigenvalue weighted by Crippen LogP contribution is 2.33. The van der Waals surface area contributed by atoms with Gasteiger partial charge in [0, 0.05) is 41.9 Å². The molecule has 122 valence electrons. The molecule has 0 aromatic heterocycles. The van der Waals surface area contributed by atoms with Crippen molar-refractivity contribution in [3.8, 4) is 0 Å². The third-order valence-electron chi connectivity index (χ3n) is 4.41. The predicted molar refractivity (Wildman–Crippen MR) is 85.8 cm³/mol. The Kier molecular flexibility index (Phi) is 4.02.